The minimum absolute atomic E-state index is 0.153. The van der Waals surface area contributed by atoms with E-state index in [1.165, 1.54) is 0 Å². The van der Waals surface area contributed by atoms with E-state index in [1.807, 2.05) is 19.1 Å². The Morgan fingerprint density at radius 1 is 1.41 bits per heavy atom. The summed E-state index contributed by atoms with van der Waals surface area (Å²) in [6.45, 7) is 2.12. The van der Waals surface area contributed by atoms with Gasteiger partial charge in [-0.2, -0.15) is 0 Å². The molecule has 0 aliphatic carbocycles. The zero-order valence-electron chi connectivity index (χ0n) is 9.97. The van der Waals surface area contributed by atoms with Gasteiger partial charge in [0, 0.05) is 6.54 Å². The van der Waals surface area contributed by atoms with E-state index in [4.69, 9.17) is 10.8 Å². The van der Waals surface area contributed by atoms with Crippen molar-refractivity contribution in [2.45, 2.75) is 19.8 Å². The monoisotopic (exact) mass is 237 g/mol. The second-order valence-electron chi connectivity index (χ2n) is 4.44. The maximum absolute atomic E-state index is 10.9. The number of hydrogen-bond donors (Lipinski definition) is 3. The van der Waals surface area contributed by atoms with Gasteiger partial charge >= 0.3 is 5.97 Å². The molecule has 0 aliphatic heterocycles. The first-order valence-corrected chi connectivity index (χ1v) is 5.74. The molecule has 4 heteroatoms. The molecular weight excluding hydrogens is 218 g/mol. The molecule has 0 spiro atoms. The van der Waals surface area contributed by atoms with Crippen LogP contribution in [0, 0.1) is 11.8 Å². The van der Waals surface area contributed by atoms with Crippen molar-refractivity contribution >= 4 is 5.97 Å². The Morgan fingerprint density at radius 2 is 2.06 bits per heavy atom. The molecule has 0 heterocycles. The van der Waals surface area contributed by atoms with Crippen LogP contribution >= 0.6 is 0 Å². The first-order valence-electron chi connectivity index (χ1n) is 5.74. The van der Waals surface area contributed by atoms with Crippen molar-refractivity contribution in [3.05, 3.63) is 29.8 Å². The molecule has 2 unspecified atom stereocenters. The second-order valence-corrected chi connectivity index (χ2v) is 4.44. The van der Waals surface area contributed by atoms with Crippen LogP contribution in [0.4, 0.5) is 0 Å². The molecule has 0 fully saturated rings. The van der Waals surface area contributed by atoms with E-state index in [0.717, 1.165) is 5.56 Å². The Morgan fingerprint density at radius 3 is 2.59 bits per heavy atom. The van der Waals surface area contributed by atoms with Crippen molar-refractivity contribution in [3.63, 3.8) is 0 Å². The first-order chi connectivity index (χ1) is 8.04. The molecule has 1 rings (SSSR count). The van der Waals surface area contributed by atoms with Gasteiger partial charge in [0.25, 0.3) is 0 Å². The average Bonchev–Trinajstić information content (AvgIpc) is 2.28. The lowest BCUT2D eigenvalue weighted by atomic mass is 9.90. The van der Waals surface area contributed by atoms with Gasteiger partial charge in [0.05, 0.1) is 5.92 Å². The number of aromatic hydroxyl groups is 1. The predicted octanol–water partition coefficient (Wildman–Crippen LogP) is 1.62. The summed E-state index contributed by atoms with van der Waals surface area (Å²) in [5, 5.41) is 18.5. The van der Waals surface area contributed by atoms with E-state index in [2.05, 4.69) is 0 Å². The fraction of sp³-hybridized carbons (Fsp3) is 0.462. The van der Waals surface area contributed by atoms with E-state index in [9.17, 15) is 9.90 Å². The normalized spacial score (nSPS) is 14.2. The Labute approximate surface area is 101 Å². The fourth-order valence-corrected chi connectivity index (χ4v) is 1.93. The molecular formula is C13H19NO3. The number of carboxylic acids is 1. The summed E-state index contributed by atoms with van der Waals surface area (Å²) in [5.41, 5.74) is 6.26. The summed E-state index contributed by atoms with van der Waals surface area (Å²) in [7, 11) is 0. The number of rotatable bonds is 6. The summed E-state index contributed by atoms with van der Waals surface area (Å²) in [6.07, 6.45) is 1.19. The second kappa shape index (κ2) is 6.25. The zero-order chi connectivity index (χ0) is 12.8. The molecule has 0 amide bonds. The number of carboxylic acid groups (broad SMARTS) is 1. The largest absolute Gasteiger partial charge is 0.508 e. The number of phenolic OH excluding ortho intramolecular Hbond substituents is 1. The van der Waals surface area contributed by atoms with Crippen molar-refractivity contribution in [1.82, 2.24) is 0 Å². The lowest BCUT2D eigenvalue weighted by Crippen LogP contribution is -2.25. The van der Waals surface area contributed by atoms with Crippen LogP contribution < -0.4 is 5.73 Å². The fourth-order valence-electron chi connectivity index (χ4n) is 1.93. The molecule has 4 N–H and O–H groups in total. The number of aliphatic carboxylic acids is 1. The van der Waals surface area contributed by atoms with Gasteiger partial charge in [-0.3, -0.25) is 4.79 Å². The van der Waals surface area contributed by atoms with Crippen molar-refractivity contribution in [2.75, 3.05) is 6.54 Å². The zero-order valence-corrected chi connectivity index (χ0v) is 9.97. The van der Waals surface area contributed by atoms with Gasteiger partial charge in [-0.25, -0.2) is 0 Å². The van der Waals surface area contributed by atoms with Crippen LogP contribution in [0.15, 0.2) is 24.3 Å². The van der Waals surface area contributed by atoms with Crippen LogP contribution in [0.5, 0.6) is 5.75 Å². The van der Waals surface area contributed by atoms with E-state index >= 15 is 0 Å². The summed E-state index contributed by atoms with van der Waals surface area (Å²) in [4.78, 5) is 10.9. The quantitative estimate of drug-likeness (QED) is 0.702. The molecule has 0 saturated heterocycles. The van der Waals surface area contributed by atoms with Crippen molar-refractivity contribution in [3.8, 4) is 5.75 Å². The molecule has 1 aromatic carbocycles. The highest BCUT2D eigenvalue weighted by atomic mass is 16.4. The third-order valence-corrected chi connectivity index (χ3v) is 2.88. The summed E-state index contributed by atoms with van der Waals surface area (Å²) in [5.74, 6) is -0.917. The average molecular weight is 237 g/mol. The van der Waals surface area contributed by atoms with Crippen molar-refractivity contribution < 1.29 is 15.0 Å². The highest BCUT2D eigenvalue weighted by Crippen LogP contribution is 2.22. The summed E-state index contributed by atoms with van der Waals surface area (Å²) in [6, 6.07) is 7.12. The molecule has 0 saturated carbocycles. The van der Waals surface area contributed by atoms with E-state index in [-0.39, 0.29) is 18.2 Å². The maximum Gasteiger partial charge on any atom is 0.307 e. The maximum atomic E-state index is 10.9. The van der Waals surface area contributed by atoms with Crippen LogP contribution in [0.2, 0.25) is 0 Å². The molecule has 0 aliphatic rings. The van der Waals surface area contributed by atoms with Crippen LogP contribution in [0.25, 0.3) is 0 Å². The molecule has 17 heavy (non-hydrogen) atoms. The predicted molar refractivity (Wildman–Crippen MR) is 65.8 cm³/mol. The van der Waals surface area contributed by atoms with Gasteiger partial charge in [-0.05, 0) is 30.4 Å². The van der Waals surface area contributed by atoms with Crippen molar-refractivity contribution in [1.29, 1.82) is 0 Å². The molecule has 4 nitrogen and oxygen atoms in total. The van der Waals surface area contributed by atoms with Crippen LogP contribution in [-0.2, 0) is 11.2 Å². The molecule has 2 atom stereocenters. The smallest absolute Gasteiger partial charge is 0.307 e. The number of carbonyl (C=O) groups is 1. The first kappa shape index (κ1) is 13.5. The molecule has 94 valence electrons. The van der Waals surface area contributed by atoms with Crippen LogP contribution in [-0.4, -0.2) is 22.7 Å². The minimum Gasteiger partial charge on any atom is -0.508 e. The SMILES string of the molecule is CC(Cc1ccccc1O)CC(CN)C(=O)O. The lowest BCUT2D eigenvalue weighted by molar-refractivity contribution is -0.141. The summed E-state index contributed by atoms with van der Waals surface area (Å²) >= 11 is 0. The minimum atomic E-state index is -0.850. The number of nitrogens with two attached hydrogens (primary N) is 1. The van der Waals surface area contributed by atoms with Gasteiger partial charge in [-0.15, -0.1) is 0 Å². The summed E-state index contributed by atoms with van der Waals surface area (Å²) < 4.78 is 0. The molecule has 0 bridgehead atoms. The highest BCUT2D eigenvalue weighted by molar-refractivity contribution is 5.70. The standard InChI is InChI=1S/C13H19NO3/c1-9(7-11(8-14)13(16)17)6-10-4-2-3-5-12(10)15/h2-5,9,11,15H,6-8,14H2,1H3,(H,16,17). The molecule has 0 aromatic heterocycles. The van der Waals surface area contributed by atoms with Crippen LogP contribution in [0.3, 0.4) is 0 Å². The Balaban J connectivity index is 2.58. The van der Waals surface area contributed by atoms with Crippen LogP contribution in [0.1, 0.15) is 18.9 Å². The number of phenols is 1. The van der Waals surface area contributed by atoms with Crippen molar-refractivity contribution in [2.24, 2.45) is 17.6 Å². The third-order valence-electron chi connectivity index (χ3n) is 2.88. The number of benzene rings is 1. The van der Waals surface area contributed by atoms with Gasteiger partial charge in [0.1, 0.15) is 5.75 Å². The Bertz CT molecular complexity index is 379. The highest BCUT2D eigenvalue weighted by Gasteiger charge is 2.19. The van der Waals surface area contributed by atoms with E-state index in [0.29, 0.717) is 12.8 Å². The van der Waals surface area contributed by atoms with E-state index in [1.54, 1.807) is 12.1 Å². The molecule has 1 aromatic rings. The topological polar surface area (TPSA) is 83.5 Å². The molecule has 0 radical (unpaired) electrons. The number of hydrogen-bond acceptors (Lipinski definition) is 3. The van der Waals surface area contributed by atoms with Gasteiger partial charge in [0.2, 0.25) is 0 Å². The lowest BCUT2D eigenvalue weighted by Gasteiger charge is -2.16. The van der Waals surface area contributed by atoms with E-state index < -0.39 is 11.9 Å². The van der Waals surface area contributed by atoms with Gasteiger partial charge < -0.3 is 15.9 Å². The third kappa shape index (κ3) is 4.07. The van der Waals surface area contributed by atoms with Gasteiger partial charge in [0.15, 0.2) is 0 Å². The number of para-hydroxylation sites is 1. The Kier molecular flexibility index (Phi) is 4.97. The Hall–Kier alpha value is -1.55. The van der Waals surface area contributed by atoms with Gasteiger partial charge in [-0.1, -0.05) is 25.1 Å².